The fraction of sp³-hybridized carbons (Fsp3) is 0.833. The fourth-order valence-corrected chi connectivity index (χ4v) is 2.73. The normalized spacial score (nSPS) is 27.4. The summed E-state index contributed by atoms with van der Waals surface area (Å²) in [6, 6.07) is 0. The van der Waals surface area contributed by atoms with Crippen LogP contribution in [0.5, 0.6) is 0 Å². The van der Waals surface area contributed by atoms with Gasteiger partial charge in [-0.15, -0.1) is 0 Å². The maximum Gasteiger partial charge on any atom is 0.137 e. The van der Waals surface area contributed by atoms with Crippen molar-refractivity contribution in [1.29, 1.82) is 0 Å². The molecule has 2 fully saturated rings. The second-order valence-corrected chi connectivity index (χ2v) is 5.01. The van der Waals surface area contributed by atoms with Gasteiger partial charge in [-0.1, -0.05) is 0 Å². The summed E-state index contributed by atoms with van der Waals surface area (Å²) in [5.41, 5.74) is 0. The highest BCUT2D eigenvalue weighted by atomic mass is 16.6. The van der Waals surface area contributed by atoms with E-state index in [2.05, 4.69) is 20.1 Å². The van der Waals surface area contributed by atoms with Gasteiger partial charge in [-0.25, -0.2) is 4.98 Å². The molecule has 0 amide bonds. The third-order valence-corrected chi connectivity index (χ3v) is 3.75. The minimum absolute atomic E-state index is 0.251. The minimum Gasteiger partial charge on any atom is -0.376 e. The van der Waals surface area contributed by atoms with Gasteiger partial charge in [-0.3, -0.25) is 5.10 Å². The summed E-state index contributed by atoms with van der Waals surface area (Å²) in [5.74, 6) is 1.57. The number of nitrogens with zero attached hydrogens (tertiary/aromatic N) is 3. The molecule has 1 unspecified atom stereocenters. The molecule has 0 spiro atoms. The summed E-state index contributed by atoms with van der Waals surface area (Å²) in [4.78, 5) is 6.72. The van der Waals surface area contributed by atoms with Gasteiger partial charge in [0.05, 0.1) is 25.9 Å². The van der Waals surface area contributed by atoms with Crippen LogP contribution >= 0.6 is 0 Å². The first-order valence-electron chi connectivity index (χ1n) is 6.69. The predicted octanol–water partition coefficient (Wildman–Crippen LogP) is 0.400. The van der Waals surface area contributed by atoms with Crippen LogP contribution in [0.3, 0.4) is 0 Å². The Labute approximate surface area is 107 Å². The van der Waals surface area contributed by atoms with Gasteiger partial charge in [0, 0.05) is 12.5 Å². The molecular weight excluding hydrogens is 232 g/mol. The molecule has 0 aromatic carbocycles. The number of hydrogen-bond acceptors (Lipinski definition) is 5. The van der Waals surface area contributed by atoms with Crippen LogP contribution in [0.2, 0.25) is 0 Å². The van der Waals surface area contributed by atoms with Gasteiger partial charge >= 0.3 is 0 Å². The second-order valence-electron chi connectivity index (χ2n) is 5.01. The summed E-state index contributed by atoms with van der Waals surface area (Å²) >= 11 is 0. The van der Waals surface area contributed by atoms with Crippen molar-refractivity contribution in [3.05, 3.63) is 12.2 Å². The van der Waals surface area contributed by atoms with Crippen molar-refractivity contribution in [2.24, 2.45) is 0 Å². The molecule has 100 valence electrons. The first-order chi connectivity index (χ1) is 8.92. The predicted molar refractivity (Wildman–Crippen MR) is 65.4 cm³/mol. The largest absolute Gasteiger partial charge is 0.376 e. The Kier molecular flexibility index (Phi) is 3.87. The first kappa shape index (κ1) is 12.1. The van der Waals surface area contributed by atoms with Crippen LogP contribution < -0.4 is 0 Å². The van der Waals surface area contributed by atoms with Crippen LogP contribution in [0.25, 0.3) is 0 Å². The van der Waals surface area contributed by atoms with Gasteiger partial charge in [0.15, 0.2) is 0 Å². The summed E-state index contributed by atoms with van der Waals surface area (Å²) in [5, 5.41) is 6.90. The Balaban J connectivity index is 1.45. The lowest BCUT2D eigenvalue weighted by molar-refractivity contribution is -0.0988. The van der Waals surface area contributed by atoms with E-state index in [1.54, 1.807) is 6.33 Å². The van der Waals surface area contributed by atoms with Crippen molar-refractivity contribution < 1.29 is 9.47 Å². The molecule has 6 heteroatoms. The van der Waals surface area contributed by atoms with Gasteiger partial charge < -0.3 is 14.4 Å². The molecule has 1 aromatic rings. The lowest BCUT2D eigenvalue weighted by Crippen LogP contribution is -2.43. The van der Waals surface area contributed by atoms with Crippen molar-refractivity contribution in [2.45, 2.75) is 24.9 Å². The van der Waals surface area contributed by atoms with Gasteiger partial charge in [0.2, 0.25) is 0 Å². The minimum atomic E-state index is 0.251. The van der Waals surface area contributed by atoms with E-state index in [1.807, 2.05) is 0 Å². The highest BCUT2D eigenvalue weighted by molar-refractivity contribution is 4.96. The lowest BCUT2D eigenvalue weighted by Gasteiger charge is -2.34. The molecule has 1 aromatic heterocycles. The number of ether oxygens (including phenoxy) is 2. The molecule has 2 saturated heterocycles. The van der Waals surface area contributed by atoms with E-state index >= 15 is 0 Å². The standard InChI is InChI=1S/C12H20N4O2/c1-3-16(7-11-8-17-5-6-18-11)4-2-10(1)12-13-9-14-15-12/h9-11H,1-8H2,(H,13,14,15). The van der Waals surface area contributed by atoms with Crippen LogP contribution in [-0.4, -0.2) is 65.6 Å². The summed E-state index contributed by atoms with van der Waals surface area (Å²) in [6.45, 7) is 5.41. The smallest absolute Gasteiger partial charge is 0.137 e. The Morgan fingerprint density at radius 3 is 2.89 bits per heavy atom. The van der Waals surface area contributed by atoms with Crippen LogP contribution in [0, 0.1) is 0 Å². The third kappa shape index (κ3) is 2.88. The number of hydrogen-bond donors (Lipinski definition) is 1. The van der Waals surface area contributed by atoms with Crippen LogP contribution in [0.15, 0.2) is 6.33 Å². The molecule has 0 bridgehead atoms. The molecular formula is C12H20N4O2. The molecule has 0 radical (unpaired) electrons. The molecule has 1 atom stereocenters. The average Bonchev–Trinajstić information content (AvgIpc) is 2.95. The molecule has 3 rings (SSSR count). The molecule has 6 nitrogen and oxygen atoms in total. The molecule has 0 saturated carbocycles. The van der Waals surface area contributed by atoms with Crippen molar-refractivity contribution in [3.8, 4) is 0 Å². The highest BCUT2D eigenvalue weighted by Gasteiger charge is 2.25. The van der Waals surface area contributed by atoms with Gasteiger partial charge in [0.25, 0.3) is 0 Å². The number of likely N-dealkylation sites (tertiary alicyclic amines) is 1. The first-order valence-corrected chi connectivity index (χ1v) is 6.69. The van der Waals surface area contributed by atoms with E-state index in [4.69, 9.17) is 9.47 Å². The summed E-state index contributed by atoms with van der Waals surface area (Å²) in [7, 11) is 0. The zero-order valence-corrected chi connectivity index (χ0v) is 10.5. The molecule has 2 aliphatic rings. The fourth-order valence-electron chi connectivity index (χ4n) is 2.73. The SMILES string of the molecule is c1n[nH]c(C2CCN(CC3COCCO3)CC2)n1. The van der Waals surface area contributed by atoms with Crippen LogP contribution in [0.1, 0.15) is 24.6 Å². The zero-order valence-electron chi connectivity index (χ0n) is 10.5. The van der Waals surface area contributed by atoms with E-state index in [9.17, 15) is 0 Å². The van der Waals surface area contributed by atoms with Gasteiger partial charge in [0.1, 0.15) is 12.2 Å². The number of nitrogens with one attached hydrogen (secondary N) is 1. The number of piperidine rings is 1. The summed E-state index contributed by atoms with van der Waals surface area (Å²) in [6.07, 6.45) is 4.13. The Hall–Kier alpha value is -0.980. The van der Waals surface area contributed by atoms with Crippen molar-refractivity contribution in [2.75, 3.05) is 39.5 Å². The Morgan fingerprint density at radius 2 is 2.22 bits per heavy atom. The molecule has 2 aliphatic heterocycles. The Morgan fingerprint density at radius 1 is 1.33 bits per heavy atom. The molecule has 3 heterocycles. The zero-order chi connectivity index (χ0) is 12.2. The highest BCUT2D eigenvalue weighted by Crippen LogP contribution is 2.25. The van der Waals surface area contributed by atoms with Crippen molar-refractivity contribution in [1.82, 2.24) is 20.1 Å². The van der Waals surface area contributed by atoms with E-state index in [-0.39, 0.29) is 6.10 Å². The topological polar surface area (TPSA) is 63.3 Å². The van der Waals surface area contributed by atoms with E-state index in [1.165, 1.54) is 0 Å². The van der Waals surface area contributed by atoms with Gasteiger partial charge in [-0.05, 0) is 25.9 Å². The van der Waals surface area contributed by atoms with Gasteiger partial charge in [-0.2, -0.15) is 5.10 Å². The third-order valence-electron chi connectivity index (χ3n) is 3.75. The van der Waals surface area contributed by atoms with E-state index in [0.29, 0.717) is 5.92 Å². The average molecular weight is 252 g/mol. The van der Waals surface area contributed by atoms with Crippen LogP contribution in [-0.2, 0) is 9.47 Å². The molecule has 18 heavy (non-hydrogen) atoms. The summed E-state index contributed by atoms with van der Waals surface area (Å²) < 4.78 is 11.1. The number of aromatic nitrogens is 3. The second kappa shape index (κ2) is 5.77. The number of H-pyrrole nitrogens is 1. The van der Waals surface area contributed by atoms with E-state index < -0.39 is 0 Å². The monoisotopic (exact) mass is 252 g/mol. The van der Waals surface area contributed by atoms with Crippen molar-refractivity contribution >= 4 is 0 Å². The Bertz CT molecular complexity index is 343. The van der Waals surface area contributed by atoms with Crippen LogP contribution in [0.4, 0.5) is 0 Å². The molecule has 0 aliphatic carbocycles. The maximum absolute atomic E-state index is 5.68. The lowest BCUT2D eigenvalue weighted by atomic mass is 9.96. The van der Waals surface area contributed by atoms with E-state index in [0.717, 1.165) is 58.1 Å². The molecule has 1 N–H and O–H groups in total. The number of rotatable bonds is 3. The number of aromatic amines is 1. The maximum atomic E-state index is 5.68. The quantitative estimate of drug-likeness (QED) is 0.843. The van der Waals surface area contributed by atoms with Crippen molar-refractivity contribution in [3.63, 3.8) is 0 Å².